The van der Waals surface area contributed by atoms with Crippen LogP contribution in [-0.4, -0.2) is 29.2 Å². The zero-order chi connectivity index (χ0) is 21.7. The standard InChI is InChI=1S/C22H17ClFNO4S/c1-3-9-25-21(26)19(30-22(25)27)12-14-10-16(23)20(18(11-14)28-4-2)29-13-15-7-5-6-8-17(15)24/h1,5-8,10-12H,4,9,13H2,2H3/b19-12+. The molecule has 154 valence electrons. The summed E-state index contributed by atoms with van der Waals surface area (Å²) in [5.74, 6) is 2.05. The molecule has 5 nitrogen and oxygen atoms in total. The molecule has 2 aromatic carbocycles. The van der Waals surface area contributed by atoms with Gasteiger partial charge in [0.15, 0.2) is 11.5 Å². The van der Waals surface area contributed by atoms with Gasteiger partial charge >= 0.3 is 0 Å². The van der Waals surface area contributed by atoms with E-state index in [1.165, 1.54) is 12.1 Å². The van der Waals surface area contributed by atoms with E-state index in [2.05, 4.69) is 5.92 Å². The van der Waals surface area contributed by atoms with Crippen LogP contribution in [0, 0.1) is 18.2 Å². The number of imide groups is 1. The second-order valence-electron chi connectivity index (χ2n) is 6.12. The highest BCUT2D eigenvalue weighted by Crippen LogP contribution is 2.39. The highest BCUT2D eigenvalue weighted by molar-refractivity contribution is 8.18. The summed E-state index contributed by atoms with van der Waals surface area (Å²) in [7, 11) is 0. The van der Waals surface area contributed by atoms with Gasteiger partial charge in [0, 0.05) is 5.56 Å². The van der Waals surface area contributed by atoms with Crippen molar-refractivity contribution >= 4 is 40.6 Å². The van der Waals surface area contributed by atoms with E-state index in [4.69, 9.17) is 27.5 Å². The van der Waals surface area contributed by atoms with Crippen molar-refractivity contribution in [3.63, 3.8) is 0 Å². The lowest BCUT2D eigenvalue weighted by Crippen LogP contribution is -2.28. The first-order valence-corrected chi connectivity index (χ1v) is 10.2. The lowest BCUT2D eigenvalue weighted by molar-refractivity contribution is -0.122. The first kappa shape index (κ1) is 21.8. The predicted octanol–water partition coefficient (Wildman–Crippen LogP) is 5.13. The Morgan fingerprint density at radius 2 is 2.03 bits per heavy atom. The fourth-order valence-corrected chi connectivity index (χ4v) is 3.83. The number of terminal acetylenes is 1. The average Bonchev–Trinajstić information content (AvgIpc) is 2.96. The molecule has 2 aromatic rings. The molecule has 1 fully saturated rings. The van der Waals surface area contributed by atoms with E-state index in [0.717, 1.165) is 16.7 Å². The van der Waals surface area contributed by atoms with Crippen molar-refractivity contribution in [2.24, 2.45) is 0 Å². The number of nitrogens with zero attached hydrogens (tertiary/aromatic N) is 1. The van der Waals surface area contributed by atoms with Crippen molar-refractivity contribution in [3.8, 4) is 23.8 Å². The molecule has 0 aromatic heterocycles. The SMILES string of the molecule is C#CCN1C(=O)S/C(=C/c2cc(Cl)c(OCc3ccccc3F)c(OCC)c2)C1=O. The molecule has 0 bridgehead atoms. The molecule has 0 N–H and O–H groups in total. The minimum absolute atomic E-state index is 0.0310. The maximum Gasteiger partial charge on any atom is 0.294 e. The summed E-state index contributed by atoms with van der Waals surface area (Å²) < 4.78 is 25.2. The van der Waals surface area contributed by atoms with Gasteiger partial charge in [0.2, 0.25) is 0 Å². The first-order valence-electron chi connectivity index (χ1n) is 8.96. The number of amides is 2. The molecule has 1 aliphatic rings. The van der Waals surface area contributed by atoms with Crippen LogP contribution in [0.15, 0.2) is 41.3 Å². The van der Waals surface area contributed by atoms with Gasteiger partial charge in [-0.3, -0.25) is 14.5 Å². The Morgan fingerprint density at radius 1 is 1.27 bits per heavy atom. The highest BCUT2D eigenvalue weighted by Gasteiger charge is 2.34. The zero-order valence-corrected chi connectivity index (χ0v) is 17.6. The Bertz CT molecular complexity index is 1060. The minimum Gasteiger partial charge on any atom is -0.490 e. The minimum atomic E-state index is -0.461. The number of carbonyl (C=O) groups excluding carboxylic acids is 2. The van der Waals surface area contributed by atoms with E-state index in [1.807, 2.05) is 0 Å². The molecule has 0 aliphatic carbocycles. The van der Waals surface area contributed by atoms with Gasteiger partial charge in [0.25, 0.3) is 11.1 Å². The van der Waals surface area contributed by atoms with Crippen LogP contribution in [0.2, 0.25) is 5.02 Å². The normalized spacial score (nSPS) is 14.9. The summed E-state index contributed by atoms with van der Waals surface area (Å²) in [6.45, 7) is 2.02. The Labute approximate surface area is 182 Å². The van der Waals surface area contributed by atoms with Crippen molar-refractivity contribution in [3.05, 3.63) is 63.3 Å². The summed E-state index contributed by atoms with van der Waals surface area (Å²) in [4.78, 5) is 25.5. The van der Waals surface area contributed by atoms with Crippen molar-refractivity contribution < 1.29 is 23.5 Å². The number of hydrogen-bond donors (Lipinski definition) is 0. The topological polar surface area (TPSA) is 55.8 Å². The third-order valence-electron chi connectivity index (χ3n) is 4.08. The van der Waals surface area contributed by atoms with E-state index >= 15 is 0 Å². The van der Waals surface area contributed by atoms with Crippen LogP contribution >= 0.6 is 23.4 Å². The highest BCUT2D eigenvalue weighted by atomic mass is 35.5. The summed E-state index contributed by atoms with van der Waals surface area (Å²) in [5.41, 5.74) is 0.926. The number of benzene rings is 2. The molecule has 0 saturated carbocycles. The average molecular weight is 446 g/mol. The molecular formula is C22H17ClFNO4S. The Hall–Kier alpha value is -2.95. The maximum atomic E-state index is 13.9. The number of hydrogen-bond acceptors (Lipinski definition) is 5. The van der Waals surface area contributed by atoms with Gasteiger partial charge < -0.3 is 9.47 Å². The van der Waals surface area contributed by atoms with Gasteiger partial charge in [-0.2, -0.15) is 0 Å². The van der Waals surface area contributed by atoms with Crippen LogP contribution in [-0.2, 0) is 11.4 Å². The van der Waals surface area contributed by atoms with E-state index in [-0.39, 0.29) is 34.6 Å². The molecule has 0 atom stereocenters. The molecule has 2 amide bonds. The molecule has 1 aliphatic heterocycles. The Balaban J connectivity index is 1.88. The Kier molecular flexibility index (Phi) is 7.03. The van der Waals surface area contributed by atoms with Crippen LogP contribution in [0.4, 0.5) is 9.18 Å². The van der Waals surface area contributed by atoms with E-state index in [9.17, 15) is 14.0 Å². The second kappa shape index (κ2) is 9.70. The fourth-order valence-electron chi connectivity index (χ4n) is 2.72. The summed E-state index contributed by atoms with van der Waals surface area (Å²) in [5, 5.41) is -0.198. The number of thioether (sulfide) groups is 1. The van der Waals surface area contributed by atoms with Crippen LogP contribution < -0.4 is 9.47 Å². The summed E-state index contributed by atoms with van der Waals surface area (Å²) in [6.07, 6.45) is 6.74. The smallest absolute Gasteiger partial charge is 0.294 e. The van der Waals surface area contributed by atoms with Crippen molar-refractivity contribution in [2.75, 3.05) is 13.2 Å². The molecule has 30 heavy (non-hydrogen) atoms. The zero-order valence-electron chi connectivity index (χ0n) is 16.0. The van der Waals surface area contributed by atoms with Crippen LogP contribution in [0.5, 0.6) is 11.5 Å². The first-order chi connectivity index (χ1) is 14.4. The molecule has 1 heterocycles. The molecular weight excluding hydrogens is 429 g/mol. The molecule has 0 unspecified atom stereocenters. The lowest BCUT2D eigenvalue weighted by Gasteiger charge is -2.15. The number of ether oxygens (including phenoxy) is 2. The molecule has 1 saturated heterocycles. The fraction of sp³-hybridized carbons (Fsp3) is 0.182. The largest absolute Gasteiger partial charge is 0.490 e. The van der Waals surface area contributed by atoms with E-state index in [1.54, 1.807) is 37.3 Å². The molecule has 3 rings (SSSR count). The number of carbonyl (C=O) groups is 2. The van der Waals surface area contributed by atoms with Gasteiger partial charge in [-0.1, -0.05) is 35.7 Å². The van der Waals surface area contributed by atoms with Gasteiger partial charge in [0.05, 0.1) is 23.1 Å². The summed E-state index contributed by atoms with van der Waals surface area (Å²) >= 11 is 7.18. The quantitative estimate of drug-likeness (QED) is 0.437. The van der Waals surface area contributed by atoms with E-state index < -0.39 is 11.1 Å². The monoisotopic (exact) mass is 445 g/mol. The third kappa shape index (κ3) is 4.78. The van der Waals surface area contributed by atoms with Crippen LogP contribution in [0.1, 0.15) is 18.1 Å². The van der Waals surface area contributed by atoms with E-state index in [0.29, 0.717) is 23.5 Å². The van der Waals surface area contributed by atoms with Crippen molar-refractivity contribution in [1.29, 1.82) is 0 Å². The lowest BCUT2D eigenvalue weighted by atomic mass is 10.1. The van der Waals surface area contributed by atoms with Crippen molar-refractivity contribution in [2.45, 2.75) is 13.5 Å². The van der Waals surface area contributed by atoms with Crippen molar-refractivity contribution in [1.82, 2.24) is 4.90 Å². The third-order valence-corrected chi connectivity index (χ3v) is 5.27. The number of halogens is 2. The predicted molar refractivity (Wildman–Crippen MR) is 115 cm³/mol. The van der Waals surface area contributed by atoms with Crippen LogP contribution in [0.25, 0.3) is 6.08 Å². The van der Waals surface area contributed by atoms with Gasteiger partial charge in [0.1, 0.15) is 12.4 Å². The number of rotatable bonds is 7. The molecule has 0 spiro atoms. The van der Waals surface area contributed by atoms with Gasteiger partial charge in [-0.15, -0.1) is 6.42 Å². The second-order valence-corrected chi connectivity index (χ2v) is 7.52. The maximum absolute atomic E-state index is 13.9. The molecule has 8 heteroatoms. The van der Waals surface area contributed by atoms with Crippen LogP contribution in [0.3, 0.4) is 0 Å². The Morgan fingerprint density at radius 3 is 2.73 bits per heavy atom. The van der Waals surface area contributed by atoms with Gasteiger partial charge in [-0.25, -0.2) is 4.39 Å². The summed E-state index contributed by atoms with van der Waals surface area (Å²) in [6, 6.07) is 9.49. The molecule has 0 radical (unpaired) electrons. The van der Waals surface area contributed by atoms with Gasteiger partial charge in [-0.05, 0) is 48.5 Å².